The lowest BCUT2D eigenvalue weighted by Crippen LogP contribution is -2.37. The Morgan fingerprint density at radius 1 is 1.50 bits per heavy atom. The Labute approximate surface area is 97.4 Å². The Balaban J connectivity index is 2.35. The van der Waals surface area contributed by atoms with Gasteiger partial charge in [-0.05, 0) is 25.4 Å². The van der Waals surface area contributed by atoms with Gasteiger partial charge in [-0.1, -0.05) is 20.8 Å². The van der Waals surface area contributed by atoms with Crippen molar-refractivity contribution in [3.63, 3.8) is 0 Å². The van der Waals surface area contributed by atoms with E-state index in [0.29, 0.717) is 18.9 Å². The number of nitrogens with zero attached hydrogens (tertiary/aromatic N) is 1. The van der Waals surface area contributed by atoms with Gasteiger partial charge in [0.15, 0.2) is 0 Å². The molecule has 0 bridgehead atoms. The standard InChI is InChI=1S/C12H22N2O2/c1-4-5-13-7-9(2)8-14-11(15)6-10(3)12(14)16/h9-10,13H,4-8H2,1-3H3. The molecule has 2 amide bonds. The zero-order valence-corrected chi connectivity index (χ0v) is 10.5. The molecule has 1 aliphatic heterocycles. The van der Waals surface area contributed by atoms with Crippen LogP contribution < -0.4 is 5.32 Å². The Bertz CT molecular complexity index is 266. The summed E-state index contributed by atoms with van der Waals surface area (Å²) >= 11 is 0. The van der Waals surface area contributed by atoms with Crippen molar-refractivity contribution in [3.05, 3.63) is 0 Å². The molecule has 1 saturated heterocycles. The molecular weight excluding hydrogens is 204 g/mol. The van der Waals surface area contributed by atoms with Gasteiger partial charge in [-0.3, -0.25) is 14.5 Å². The van der Waals surface area contributed by atoms with E-state index < -0.39 is 0 Å². The highest BCUT2D eigenvalue weighted by Gasteiger charge is 2.35. The zero-order chi connectivity index (χ0) is 12.1. The monoisotopic (exact) mass is 226 g/mol. The van der Waals surface area contributed by atoms with Crippen LogP contribution in [0.4, 0.5) is 0 Å². The zero-order valence-electron chi connectivity index (χ0n) is 10.5. The SMILES string of the molecule is CCCNCC(C)CN1C(=O)CC(C)C1=O. The van der Waals surface area contributed by atoms with Crippen LogP contribution in [0, 0.1) is 11.8 Å². The molecule has 1 rings (SSSR count). The maximum Gasteiger partial charge on any atom is 0.232 e. The van der Waals surface area contributed by atoms with Crippen molar-refractivity contribution in [2.45, 2.75) is 33.6 Å². The van der Waals surface area contributed by atoms with Crippen molar-refractivity contribution in [1.29, 1.82) is 0 Å². The minimum atomic E-state index is -0.122. The predicted molar refractivity (Wildman–Crippen MR) is 62.8 cm³/mol. The van der Waals surface area contributed by atoms with Crippen molar-refractivity contribution in [2.75, 3.05) is 19.6 Å². The molecule has 0 radical (unpaired) electrons. The molecule has 1 heterocycles. The van der Waals surface area contributed by atoms with Gasteiger partial charge in [-0.15, -0.1) is 0 Å². The molecular formula is C12H22N2O2. The highest BCUT2D eigenvalue weighted by atomic mass is 16.2. The summed E-state index contributed by atoms with van der Waals surface area (Å²) in [5, 5.41) is 3.30. The fourth-order valence-corrected chi connectivity index (χ4v) is 1.94. The minimum Gasteiger partial charge on any atom is -0.316 e. The smallest absolute Gasteiger partial charge is 0.232 e. The second kappa shape index (κ2) is 5.99. The van der Waals surface area contributed by atoms with Crippen molar-refractivity contribution in [2.24, 2.45) is 11.8 Å². The normalized spacial score (nSPS) is 22.9. The van der Waals surface area contributed by atoms with E-state index in [4.69, 9.17) is 0 Å². The van der Waals surface area contributed by atoms with Crippen LogP contribution in [0.2, 0.25) is 0 Å². The Kier molecular flexibility index (Phi) is 4.93. The summed E-state index contributed by atoms with van der Waals surface area (Å²) in [4.78, 5) is 24.6. The average Bonchev–Trinajstić information content (AvgIpc) is 2.46. The van der Waals surface area contributed by atoms with Crippen molar-refractivity contribution in [3.8, 4) is 0 Å². The molecule has 16 heavy (non-hydrogen) atoms. The van der Waals surface area contributed by atoms with Gasteiger partial charge in [0.2, 0.25) is 11.8 Å². The summed E-state index contributed by atoms with van der Waals surface area (Å²) in [5.74, 6) is 0.181. The summed E-state index contributed by atoms with van der Waals surface area (Å²) in [6, 6.07) is 0. The molecule has 4 nitrogen and oxygen atoms in total. The molecule has 1 N–H and O–H groups in total. The second-order valence-electron chi connectivity index (χ2n) is 4.76. The first-order valence-corrected chi connectivity index (χ1v) is 6.11. The second-order valence-corrected chi connectivity index (χ2v) is 4.76. The summed E-state index contributed by atoms with van der Waals surface area (Å²) in [7, 11) is 0. The van der Waals surface area contributed by atoms with Crippen molar-refractivity contribution in [1.82, 2.24) is 10.2 Å². The maximum absolute atomic E-state index is 11.7. The number of likely N-dealkylation sites (tertiary alicyclic amines) is 1. The summed E-state index contributed by atoms with van der Waals surface area (Å²) < 4.78 is 0. The molecule has 92 valence electrons. The first-order valence-electron chi connectivity index (χ1n) is 6.11. The van der Waals surface area contributed by atoms with Crippen LogP contribution in [0.1, 0.15) is 33.6 Å². The Morgan fingerprint density at radius 3 is 2.69 bits per heavy atom. The predicted octanol–water partition coefficient (Wildman–Crippen LogP) is 1.02. The number of imide groups is 1. The third-order valence-electron chi connectivity index (χ3n) is 2.88. The molecule has 1 aliphatic rings. The van der Waals surface area contributed by atoms with Crippen LogP contribution in [0.25, 0.3) is 0 Å². The largest absolute Gasteiger partial charge is 0.316 e. The van der Waals surface area contributed by atoms with Gasteiger partial charge >= 0.3 is 0 Å². The number of rotatable bonds is 6. The number of hydrogen-bond donors (Lipinski definition) is 1. The maximum atomic E-state index is 11.7. The highest BCUT2D eigenvalue weighted by Crippen LogP contribution is 2.19. The van der Waals surface area contributed by atoms with Gasteiger partial charge in [-0.2, -0.15) is 0 Å². The van der Waals surface area contributed by atoms with Gasteiger partial charge < -0.3 is 5.32 Å². The van der Waals surface area contributed by atoms with E-state index in [2.05, 4.69) is 19.2 Å². The van der Waals surface area contributed by atoms with E-state index in [0.717, 1.165) is 19.5 Å². The lowest BCUT2D eigenvalue weighted by Gasteiger charge is -2.19. The fourth-order valence-electron chi connectivity index (χ4n) is 1.94. The Morgan fingerprint density at radius 2 is 2.19 bits per heavy atom. The van der Waals surface area contributed by atoms with E-state index in [1.54, 1.807) is 0 Å². The van der Waals surface area contributed by atoms with Crippen LogP contribution in [-0.2, 0) is 9.59 Å². The van der Waals surface area contributed by atoms with Crippen LogP contribution in [0.3, 0.4) is 0 Å². The molecule has 1 fully saturated rings. The van der Waals surface area contributed by atoms with Crippen LogP contribution in [0.15, 0.2) is 0 Å². The molecule has 0 saturated carbocycles. The molecule has 0 aromatic rings. The van der Waals surface area contributed by atoms with Gasteiger partial charge in [0.1, 0.15) is 0 Å². The van der Waals surface area contributed by atoms with Crippen LogP contribution in [0.5, 0.6) is 0 Å². The van der Waals surface area contributed by atoms with E-state index in [1.807, 2.05) is 6.92 Å². The Hall–Kier alpha value is -0.900. The van der Waals surface area contributed by atoms with Gasteiger partial charge in [-0.25, -0.2) is 0 Å². The van der Waals surface area contributed by atoms with Crippen molar-refractivity contribution >= 4 is 11.8 Å². The minimum absolute atomic E-state index is 0.00709. The van der Waals surface area contributed by atoms with E-state index in [9.17, 15) is 9.59 Å². The third-order valence-corrected chi connectivity index (χ3v) is 2.88. The molecule has 0 spiro atoms. The summed E-state index contributed by atoms with van der Waals surface area (Å²) in [5.41, 5.74) is 0. The summed E-state index contributed by atoms with van der Waals surface area (Å²) in [6.45, 7) is 8.40. The molecule has 0 aliphatic carbocycles. The lowest BCUT2D eigenvalue weighted by atomic mass is 10.1. The van der Waals surface area contributed by atoms with Gasteiger partial charge in [0.25, 0.3) is 0 Å². The number of amides is 2. The number of carbonyl (C=O) groups excluding carboxylic acids is 2. The molecule has 0 aromatic heterocycles. The number of hydrogen-bond acceptors (Lipinski definition) is 3. The van der Waals surface area contributed by atoms with E-state index >= 15 is 0 Å². The third kappa shape index (κ3) is 3.30. The van der Waals surface area contributed by atoms with Crippen LogP contribution in [-0.4, -0.2) is 36.3 Å². The van der Waals surface area contributed by atoms with Gasteiger partial charge in [0.05, 0.1) is 0 Å². The van der Waals surface area contributed by atoms with E-state index in [1.165, 1.54) is 4.90 Å². The highest BCUT2D eigenvalue weighted by molar-refractivity contribution is 6.03. The number of nitrogens with one attached hydrogen (secondary N) is 1. The first kappa shape index (κ1) is 13.2. The van der Waals surface area contributed by atoms with Crippen LogP contribution >= 0.6 is 0 Å². The molecule has 2 atom stereocenters. The van der Waals surface area contributed by atoms with E-state index in [-0.39, 0.29) is 17.7 Å². The topological polar surface area (TPSA) is 49.4 Å². The molecule has 0 aromatic carbocycles. The molecule has 2 unspecified atom stereocenters. The lowest BCUT2D eigenvalue weighted by molar-refractivity contribution is -0.139. The average molecular weight is 226 g/mol. The molecule has 4 heteroatoms. The fraction of sp³-hybridized carbons (Fsp3) is 0.833. The first-order chi connectivity index (χ1) is 7.56. The van der Waals surface area contributed by atoms with Gasteiger partial charge in [0, 0.05) is 18.9 Å². The number of carbonyl (C=O) groups is 2. The van der Waals surface area contributed by atoms with Crippen molar-refractivity contribution < 1.29 is 9.59 Å². The quantitative estimate of drug-likeness (QED) is 0.543. The summed E-state index contributed by atoms with van der Waals surface area (Å²) in [6.07, 6.45) is 1.49.